The van der Waals surface area contributed by atoms with Gasteiger partial charge in [0.25, 0.3) is 5.91 Å². The normalized spacial score (nSPS) is 9.67. The van der Waals surface area contributed by atoms with Gasteiger partial charge in [-0.3, -0.25) is 4.79 Å². The van der Waals surface area contributed by atoms with Gasteiger partial charge in [0, 0.05) is 24.3 Å². The highest BCUT2D eigenvalue weighted by Crippen LogP contribution is 2.09. The van der Waals surface area contributed by atoms with Crippen molar-refractivity contribution in [3.63, 3.8) is 0 Å². The van der Waals surface area contributed by atoms with Crippen molar-refractivity contribution in [2.24, 2.45) is 0 Å². The van der Waals surface area contributed by atoms with Crippen LogP contribution in [-0.2, 0) is 0 Å². The van der Waals surface area contributed by atoms with Gasteiger partial charge in [0.1, 0.15) is 0 Å². The summed E-state index contributed by atoms with van der Waals surface area (Å²) in [5.74, 6) is -0.0438. The highest BCUT2D eigenvalue weighted by Gasteiger charge is 2.04. The molecule has 0 atom stereocenters. The van der Waals surface area contributed by atoms with Crippen LogP contribution >= 0.6 is 12.2 Å². The molecule has 3 N–H and O–H groups in total. The predicted octanol–water partition coefficient (Wildman–Crippen LogP) is 2.13. The minimum absolute atomic E-state index is 0.0438. The maximum Gasteiger partial charge on any atom is 0.251 e. The molecule has 4 nitrogen and oxygen atoms in total. The zero-order valence-electron chi connectivity index (χ0n) is 10.7. The standard InChI is InChI=1S/C13H19N3OS/c1-3-9-15-12(17)10-5-7-11(8-6-10)16-13(18)14-4-2/h5-8H,3-4,9H2,1-2H3,(H,15,17)(H2,14,16,18). The molecule has 0 bridgehead atoms. The number of amides is 1. The number of hydrogen-bond acceptors (Lipinski definition) is 2. The van der Waals surface area contributed by atoms with Gasteiger partial charge in [-0.1, -0.05) is 6.92 Å². The third-order valence-electron chi connectivity index (χ3n) is 2.28. The van der Waals surface area contributed by atoms with E-state index in [1.165, 1.54) is 0 Å². The fraction of sp³-hybridized carbons (Fsp3) is 0.385. The summed E-state index contributed by atoms with van der Waals surface area (Å²) in [4.78, 5) is 11.7. The lowest BCUT2D eigenvalue weighted by Gasteiger charge is -2.09. The van der Waals surface area contributed by atoms with Gasteiger partial charge in [-0.15, -0.1) is 0 Å². The van der Waals surface area contributed by atoms with E-state index < -0.39 is 0 Å². The highest BCUT2D eigenvalue weighted by atomic mass is 32.1. The lowest BCUT2D eigenvalue weighted by atomic mass is 10.2. The Hall–Kier alpha value is -1.62. The molecule has 98 valence electrons. The number of thiocarbonyl (C=S) groups is 1. The summed E-state index contributed by atoms with van der Waals surface area (Å²) in [5, 5.41) is 9.46. The van der Waals surface area contributed by atoms with Gasteiger partial charge in [0.05, 0.1) is 0 Å². The summed E-state index contributed by atoms with van der Waals surface area (Å²) in [6.45, 7) is 5.48. The molecule has 0 aliphatic carbocycles. The fourth-order valence-electron chi connectivity index (χ4n) is 1.38. The minimum atomic E-state index is -0.0438. The van der Waals surface area contributed by atoms with E-state index in [4.69, 9.17) is 12.2 Å². The summed E-state index contributed by atoms with van der Waals surface area (Å²) in [6, 6.07) is 7.23. The first-order chi connectivity index (χ1) is 8.67. The molecule has 0 spiro atoms. The van der Waals surface area contributed by atoms with Crippen molar-refractivity contribution < 1.29 is 4.79 Å². The molecule has 1 aromatic rings. The maximum absolute atomic E-state index is 11.7. The lowest BCUT2D eigenvalue weighted by Crippen LogP contribution is -2.28. The van der Waals surface area contributed by atoms with Crippen LogP contribution in [0.5, 0.6) is 0 Å². The average molecular weight is 265 g/mol. The van der Waals surface area contributed by atoms with Gasteiger partial charge < -0.3 is 16.0 Å². The molecule has 0 aliphatic rings. The third-order valence-corrected chi connectivity index (χ3v) is 2.52. The highest BCUT2D eigenvalue weighted by molar-refractivity contribution is 7.80. The number of nitrogens with one attached hydrogen (secondary N) is 3. The third kappa shape index (κ3) is 4.71. The van der Waals surface area contributed by atoms with Gasteiger partial charge in [0.15, 0.2) is 5.11 Å². The second-order valence-electron chi connectivity index (χ2n) is 3.82. The monoisotopic (exact) mass is 265 g/mol. The Morgan fingerprint density at radius 3 is 2.39 bits per heavy atom. The molecule has 0 unspecified atom stereocenters. The van der Waals surface area contributed by atoms with Crippen molar-refractivity contribution in [2.75, 3.05) is 18.4 Å². The van der Waals surface area contributed by atoms with Crippen molar-refractivity contribution in [1.29, 1.82) is 0 Å². The Labute approximate surface area is 113 Å². The molecule has 0 aromatic heterocycles. The van der Waals surface area contributed by atoms with Crippen molar-refractivity contribution >= 4 is 28.9 Å². The van der Waals surface area contributed by atoms with Gasteiger partial charge in [-0.2, -0.15) is 0 Å². The Bertz CT molecular complexity index is 403. The first kappa shape index (κ1) is 14.4. The molecule has 5 heteroatoms. The van der Waals surface area contributed by atoms with Crippen LogP contribution in [0.1, 0.15) is 30.6 Å². The van der Waals surface area contributed by atoms with E-state index in [0.29, 0.717) is 17.2 Å². The molecule has 0 heterocycles. The van der Waals surface area contributed by atoms with Crippen molar-refractivity contribution in [2.45, 2.75) is 20.3 Å². The second-order valence-corrected chi connectivity index (χ2v) is 4.23. The first-order valence-electron chi connectivity index (χ1n) is 6.10. The molecule has 1 amide bonds. The van der Waals surface area contributed by atoms with Crippen LogP contribution in [0.2, 0.25) is 0 Å². The summed E-state index contributed by atoms with van der Waals surface area (Å²) in [6.07, 6.45) is 0.933. The Morgan fingerprint density at radius 2 is 1.83 bits per heavy atom. The first-order valence-corrected chi connectivity index (χ1v) is 6.51. The minimum Gasteiger partial charge on any atom is -0.363 e. The van der Waals surface area contributed by atoms with Crippen LogP contribution < -0.4 is 16.0 Å². The van der Waals surface area contributed by atoms with Gasteiger partial charge >= 0.3 is 0 Å². The van der Waals surface area contributed by atoms with E-state index >= 15 is 0 Å². The van der Waals surface area contributed by atoms with Crippen molar-refractivity contribution in [3.05, 3.63) is 29.8 Å². The molecule has 0 fully saturated rings. The number of carbonyl (C=O) groups is 1. The van der Waals surface area contributed by atoms with E-state index in [0.717, 1.165) is 18.7 Å². The summed E-state index contributed by atoms with van der Waals surface area (Å²) in [7, 11) is 0. The number of rotatable bonds is 5. The zero-order chi connectivity index (χ0) is 13.4. The number of anilines is 1. The van der Waals surface area contributed by atoms with Crippen molar-refractivity contribution in [3.8, 4) is 0 Å². The molecule has 0 radical (unpaired) electrons. The number of carbonyl (C=O) groups excluding carboxylic acids is 1. The molecule has 0 saturated heterocycles. The molecule has 0 saturated carbocycles. The summed E-state index contributed by atoms with van der Waals surface area (Å²) in [5.41, 5.74) is 1.52. The van der Waals surface area contributed by atoms with Gasteiger partial charge in [-0.05, 0) is 49.8 Å². The molecule has 0 aliphatic heterocycles. The summed E-state index contributed by atoms with van der Waals surface area (Å²) >= 11 is 5.08. The lowest BCUT2D eigenvalue weighted by molar-refractivity contribution is 0.0953. The molecule has 1 aromatic carbocycles. The van der Waals surface area contributed by atoms with E-state index in [1.54, 1.807) is 12.1 Å². The Kier molecular flexibility index (Phi) is 6.14. The van der Waals surface area contributed by atoms with E-state index in [9.17, 15) is 4.79 Å². The van der Waals surface area contributed by atoms with Crippen LogP contribution in [0.4, 0.5) is 5.69 Å². The van der Waals surface area contributed by atoms with Crippen LogP contribution in [-0.4, -0.2) is 24.1 Å². The van der Waals surface area contributed by atoms with E-state index in [1.807, 2.05) is 26.0 Å². The predicted molar refractivity (Wildman–Crippen MR) is 79.0 cm³/mol. The quantitative estimate of drug-likeness (QED) is 0.714. The zero-order valence-corrected chi connectivity index (χ0v) is 11.6. The second kappa shape index (κ2) is 7.66. The fourth-order valence-corrected chi connectivity index (χ4v) is 1.64. The Morgan fingerprint density at radius 1 is 1.17 bits per heavy atom. The Balaban J connectivity index is 2.57. The van der Waals surface area contributed by atoms with E-state index in [2.05, 4.69) is 16.0 Å². The van der Waals surface area contributed by atoms with E-state index in [-0.39, 0.29) is 5.91 Å². The largest absolute Gasteiger partial charge is 0.363 e. The summed E-state index contributed by atoms with van der Waals surface area (Å²) < 4.78 is 0. The number of hydrogen-bond donors (Lipinski definition) is 3. The molecule has 18 heavy (non-hydrogen) atoms. The molecular formula is C13H19N3OS. The SMILES string of the molecule is CCCNC(=O)c1ccc(NC(=S)NCC)cc1. The smallest absolute Gasteiger partial charge is 0.251 e. The molecule has 1 rings (SSSR count). The van der Waals surface area contributed by atoms with Crippen molar-refractivity contribution in [1.82, 2.24) is 10.6 Å². The van der Waals surface area contributed by atoms with Crippen LogP contribution in [0, 0.1) is 0 Å². The van der Waals surface area contributed by atoms with Crippen LogP contribution in [0.25, 0.3) is 0 Å². The number of benzene rings is 1. The average Bonchev–Trinajstić information content (AvgIpc) is 2.37. The van der Waals surface area contributed by atoms with Gasteiger partial charge in [0.2, 0.25) is 0 Å². The van der Waals surface area contributed by atoms with Crippen LogP contribution in [0.3, 0.4) is 0 Å². The van der Waals surface area contributed by atoms with Crippen LogP contribution in [0.15, 0.2) is 24.3 Å². The maximum atomic E-state index is 11.7. The molecular weight excluding hydrogens is 246 g/mol. The topological polar surface area (TPSA) is 53.2 Å². The van der Waals surface area contributed by atoms with Gasteiger partial charge in [-0.25, -0.2) is 0 Å².